The Kier molecular flexibility index (Phi) is 9.81. The van der Waals surface area contributed by atoms with Crippen LogP contribution < -0.4 is 19.1 Å². The Bertz CT molecular complexity index is 2190. The molecule has 5 heterocycles. The number of likely N-dealkylation sites (tertiary alicyclic amines) is 1. The van der Waals surface area contributed by atoms with Crippen molar-refractivity contribution in [3.8, 4) is 35.9 Å². The fourth-order valence-electron chi connectivity index (χ4n) is 8.30. The summed E-state index contributed by atoms with van der Waals surface area (Å²) in [5, 5.41) is 0.957. The van der Waals surface area contributed by atoms with Gasteiger partial charge in [0, 0.05) is 50.2 Å². The molecule has 0 radical (unpaired) electrons. The molecule has 3 aliphatic heterocycles. The zero-order valence-electron chi connectivity index (χ0n) is 32.2. The highest BCUT2D eigenvalue weighted by molar-refractivity contribution is 5.95. The van der Waals surface area contributed by atoms with Gasteiger partial charge >= 0.3 is 18.1 Å². The van der Waals surface area contributed by atoms with Gasteiger partial charge in [-0.2, -0.15) is 15.0 Å². The molecule has 3 saturated heterocycles. The van der Waals surface area contributed by atoms with Crippen LogP contribution in [0.15, 0.2) is 24.3 Å². The largest absolute Gasteiger partial charge is 0.467 e. The highest BCUT2D eigenvalue weighted by atomic mass is 19.3. The maximum Gasteiger partial charge on any atom is 0.410 e. The zero-order valence-corrected chi connectivity index (χ0v) is 32.2. The molecule has 2 aromatic heterocycles. The number of amides is 1. The quantitative estimate of drug-likeness (QED) is 0.124. The summed E-state index contributed by atoms with van der Waals surface area (Å²) in [6.07, 6.45) is 9.38. The average molecular weight is 778 g/mol. The van der Waals surface area contributed by atoms with Gasteiger partial charge in [-0.3, -0.25) is 14.4 Å². The first kappa shape index (κ1) is 37.9. The van der Waals surface area contributed by atoms with Crippen LogP contribution in [-0.4, -0.2) is 112 Å². The maximum absolute atomic E-state index is 15.2. The number of anilines is 1. The normalized spacial score (nSPS) is 22.4. The fourth-order valence-corrected chi connectivity index (χ4v) is 8.30. The number of likely N-dealkylation sites (N-methyl/N-ethyl adjacent to an activating group) is 1. The number of alkyl halides is 2. The Balaban J connectivity index is 1.23. The van der Waals surface area contributed by atoms with Gasteiger partial charge in [-0.1, -0.05) is 12.0 Å². The number of ether oxygens (including phenoxy) is 5. The van der Waals surface area contributed by atoms with Gasteiger partial charge in [-0.15, -0.1) is 6.42 Å². The number of hydrogen-bond donors (Lipinski definition) is 0. The summed E-state index contributed by atoms with van der Waals surface area (Å²) >= 11 is 0. The highest BCUT2D eigenvalue weighted by Crippen LogP contribution is 2.45. The number of aromatic nitrogens is 4. The molecule has 2 bridgehead atoms. The summed E-state index contributed by atoms with van der Waals surface area (Å²) < 4.78 is 75.2. The summed E-state index contributed by atoms with van der Waals surface area (Å²) in [6.45, 7) is 6.02. The van der Waals surface area contributed by atoms with E-state index in [1.807, 2.05) is 30.2 Å². The standard InChI is InChI=1S/C40H46F3N7O6/c1-7-29-30(41)14-11-23-15-28(54-22-52-6)16-31(32(23)29)55-37-45-34-33(50(37)24-9-8-10-24)35(46-36(44-34)53-20-27-17-40(42,43)21-47(27)5)48-18-25-12-13-26(19-48)49(25)38(51)56-39(2,3)4/h1,11,14-16,24-27H,8-10,12-13,17-22H2,2-6H3/t25?,26?,27-/m0/s1. The van der Waals surface area contributed by atoms with Crippen LogP contribution in [0.25, 0.3) is 21.9 Å². The molecule has 4 aromatic rings. The van der Waals surface area contributed by atoms with Crippen molar-refractivity contribution in [3.05, 3.63) is 35.6 Å². The van der Waals surface area contributed by atoms with Crippen LogP contribution in [0.3, 0.4) is 0 Å². The van der Waals surface area contributed by atoms with E-state index in [-0.39, 0.29) is 79.6 Å². The van der Waals surface area contributed by atoms with Crippen molar-refractivity contribution in [3.63, 3.8) is 0 Å². The number of imidazole rings is 1. The fraction of sp³-hybridized carbons (Fsp3) is 0.550. The van der Waals surface area contributed by atoms with Gasteiger partial charge in [-0.25, -0.2) is 18.0 Å². The number of rotatable bonds is 10. The van der Waals surface area contributed by atoms with Crippen molar-refractivity contribution < 1.29 is 41.7 Å². The molecule has 2 unspecified atom stereocenters. The van der Waals surface area contributed by atoms with Gasteiger partial charge in [0.1, 0.15) is 35.0 Å². The minimum Gasteiger partial charge on any atom is -0.467 e. The number of methoxy groups -OCH3 is 1. The van der Waals surface area contributed by atoms with Crippen molar-refractivity contribution in [2.75, 3.05) is 52.1 Å². The number of hydrogen-bond acceptors (Lipinski definition) is 11. The van der Waals surface area contributed by atoms with Crippen molar-refractivity contribution >= 4 is 33.8 Å². The van der Waals surface area contributed by atoms with Crippen molar-refractivity contribution in [1.29, 1.82) is 0 Å². The van der Waals surface area contributed by atoms with Gasteiger partial charge in [0.05, 0.1) is 24.2 Å². The van der Waals surface area contributed by atoms with Gasteiger partial charge in [0.25, 0.3) is 5.92 Å². The first-order chi connectivity index (χ1) is 26.7. The predicted molar refractivity (Wildman–Crippen MR) is 201 cm³/mol. The lowest BCUT2D eigenvalue weighted by Gasteiger charge is -2.42. The summed E-state index contributed by atoms with van der Waals surface area (Å²) in [6, 6.07) is 5.57. The van der Waals surface area contributed by atoms with E-state index >= 15 is 4.39 Å². The predicted octanol–water partition coefficient (Wildman–Crippen LogP) is 6.91. The first-order valence-electron chi connectivity index (χ1n) is 19.0. The molecule has 298 valence electrons. The van der Waals surface area contributed by atoms with Crippen molar-refractivity contribution in [2.24, 2.45) is 0 Å². The number of carbonyl (C=O) groups excluding carboxylic acids is 1. The van der Waals surface area contributed by atoms with Crippen LogP contribution in [0.4, 0.5) is 23.8 Å². The lowest BCUT2D eigenvalue weighted by molar-refractivity contribution is 0.0119. The van der Waals surface area contributed by atoms with Crippen LogP contribution in [0.2, 0.25) is 0 Å². The average Bonchev–Trinajstić information content (AvgIpc) is 3.70. The Morgan fingerprint density at radius 1 is 1.04 bits per heavy atom. The third kappa shape index (κ3) is 7.22. The highest BCUT2D eigenvalue weighted by Gasteiger charge is 2.46. The molecule has 4 fully saturated rings. The zero-order chi connectivity index (χ0) is 39.5. The van der Waals surface area contributed by atoms with Crippen molar-refractivity contribution in [1.82, 2.24) is 29.3 Å². The molecular formula is C40H46F3N7O6. The van der Waals surface area contributed by atoms with E-state index < -0.39 is 23.4 Å². The number of piperazine rings is 1. The molecular weight excluding hydrogens is 731 g/mol. The Labute approximate surface area is 323 Å². The molecule has 1 aliphatic carbocycles. The van der Waals surface area contributed by atoms with Gasteiger partial charge in [-0.05, 0) is 77.4 Å². The molecule has 3 atom stereocenters. The van der Waals surface area contributed by atoms with E-state index in [1.165, 1.54) is 13.2 Å². The molecule has 1 amide bonds. The van der Waals surface area contributed by atoms with Crippen LogP contribution in [0.5, 0.6) is 23.5 Å². The molecule has 8 rings (SSSR count). The first-order valence-corrected chi connectivity index (χ1v) is 19.0. The number of carbonyl (C=O) groups is 1. The van der Waals surface area contributed by atoms with Gasteiger partial charge in [0.15, 0.2) is 18.3 Å². The monoisotopic (exact) mass is 777 g/mol. The number of fused-ring (bicyclic) bond motifs is 4. The van der Waals surface area contributed by atoms with E-state index in [0.29, 0.717) is 40.9 Å². The van der Waals surface area contributed by atoms with Crippen LogP contribution in [-0.2, 0) is 9.47 Å². The van der Waals surface area contributed by atoms with Crippen LogP contribution in [0, 0.1) is 18.2 Å². The Morgan fingerprint density at radius 2 is 1.79 bits per heavy atom. The van der Waals surface area contributed by atoms with Crippen LogP contribution in [0.1, 0.15) is 70.9 Å². The minimum absolute atomic E-state index is 0.0139. The number of terminal acetylenes is 1. The smallest absolute Gasteiger partial charge is 0.410 e. The second-order valence-corrected chi connectivity index (χ2v) is 16.2. The number of nitrogens with zero attached hydrogens (tertiary/aromatic N) is 7. The van der Waals surface area contributed by atoms with E-state index in [2.05, 4.69) is 10.8 Å². The molecule has 16 heteroatoms. The van der Waals surface area contributed by atoms with Crippen LogP contribution >= 0.6 is 0 Å². The van der Waals surface area contributed by atoms with E-state index in [0.717, 1.165) is 32.1 Å². The van der Waals surface area contributed by atoms with E-state index in [9.17, 15) is 13.6 Å². The third-order valence-corrected chi connectivity index (χ3v) is 11.0. The van der Waals surface area contributed by atoms with Gasteiger partial charge < -0.3 is 28.6 Å². The van der Waals surface area contributed by atoms with E-state index in [4.69, 9.17) is 45.1 Å². The Hall–Kier alpha value is -5.01. The summed E-state index contributed by atoms with van der Waals surface area (Å²) in [5.41, 5.74) is 0.262. The second kappa shape index (κ2) is 14.5. The third-order valence-electron chi connectivity index (χ3n) is 11.0. The van der Waals surface area contributed by atoms with Gasteiger partial charge in [0.2, 0.25) is 0 Å². The van der Waals surface area contributed by atoms with E-state index in [1.54, 1.807) is 30.1 Å². The SMILES string of the molecule is C#Cc1c(F)ccc2cc(OCOC)cc(Oc3nc4nc(OC[C@@H]5CC(F)(F)CN5C)nc(N5CC6CCC(C5)N6C(=O)OC(C)(C)C)c4n3C3CCC3)c12. The lowest BCUT2D eigenvalue weighted by Crippen LogP contribution is -2.57. The number of halogens is 3. The molecule has 2 aromatic carbocycles. The minimum atomic E-state index is -2.82. The molecule has 4 aliphatic rings. The summed E-state index contributed by atoms with van der Waals surface area (Å²) in [4.78, 5) is 33.5. The molecule has 0 spiro atoms. The summed E-state index contributed by atoms with van der Waals surface area (Å²) in [7, 11) is 3.15. The topological polar surface area (TPSA) is 117 Å². The maximum atomic E-state index is 15.2. The van der Waals surface area contributed by atoms with Crippen molar-refractivity contribution in [2.45, 2.75) is 95.0 Å². The molecule has 0 N–H and O–H groups in total. The lowest BCUT2D eigenvalue weighted by atomic mass is 9.93. The Morgan fingerprint density at radius 3 is 2.41 bits per heavy atom. The molecule has 1 saturated carbocycles. The molecule has 13 nitrogen and oxygen atoms in total. The second-order valence-electron chi connectivity index (χ2n) is 16.2. The summed E-state index contributed by atoms with van der Waals surface area (Å²) in [5.74, 6) is 0.233. The number of benzene rings is 2. The molecule has 56 heavy (non-hydrogen) atoms.